The Morgan fingerprint density at radius 2 is 1.83 bits per heavy atom. The molecule has 1 atom stereocenters. The van der Waals surface area contributed by atoms with Crippen molar-refractivity contribution in [2.75, 3.05) is 33.1 Å². The van der Waals surface area contributed by atoms with Crippen molar-refractivity contribution in [3.8, 4) is 11.5 Å². The number of methoxy groups -OCH3 is 2. The zero-order valence-corrected chi connectivity index (χ0v) is 11.0. The van der Waals surface area contributed by atoms with Gasteiger partial charge in [-0.3, -0.25) is 0 Å². The fraction of sp³-hybridized carbons (Fsp3) is 0.462. The number of hydrogen-bond acceptors (Lipinski definition) is 5. The Bertz CT molecular complexity index is 360. The zero-order valence-electron chi connectivity index (χ0n) is 11.0. The molecule has 18 heavy (non-hydrogen) atoms. The lowest BCUT2D eigenvalue weighted by Gasteiger charge is -2.15. The molecule has 100 valence electrons. The second kappa shape index (κ2) is 7.55. The van der Waals surface area contributed by atoms with Crippen LogP contribution in [0.25, 0.3) is 0 Å². The first-order valence-electron chi connectivity index (χ1n) is 5.83. The van der Waals surface area contributed by atoms with Gasteiger partial charge in [0.25, 0.3) is 0 Å². The molecule has 1 rings (SSSR count). The number of hydrogen-bond donors (Lipinski definition) is 2. The predicted molar refractivity (Wildman–Crippen MR) is 71.6 cm³/mol. The Kier molecular flexibility index (Phi) is 6.00. The van der Waals surface area contributed by atoms with Crippen molar-refractivity contribution in [2.24, 2.45) is 0 Å². The molecule has 5 nitrogen and oxygen atoms in total. The highest BCUT2D eigenvalue weighted by molar-refractivity contribution is 5.66. The summed E-state index contributed by atoms with van der Waals surface area (Å²) in [5, 5.41) is 6.16. The van der Waals surface area contributed by atoms with Crippen molar-refractivity contribution >= 4 is 12.0 Å². The Morgan fingerprint density at radius 1 is 1.22 bits per heavy atom. The smallest absolute Gasteiger partial charge is 0.142 e. The molecule has 0 bridgehead atoms. The van der Waals surface area contributed by atoms with Gasteiger partial charge in [0.15, 0.2) is 0 Å². The van der Waals surface area contributed by atoms with Crippen molar-refractivity contribution < 1.29 is 14.3 Å². The first kappa shape index (κ1) is 14.3. The fourth-order valence-electron chi connectivity index (χ4n) is 1.58. The number of nitrogens with one attached hydrogen (secondary N) is 2. The first-order valence-corrected chi connectivity index (χ1v) is 5.83. The molecule has 0 amide bonds. The third-order valence-electron chi connectivity index (χ3n) is 2.57. The maximum atomic E-state index is 11.0. The Morgan fingerprint density at radius 3 is 2.28 bits per heavy atom. The Hall–Kier alpha value is -1.75. The number of rotatable bonds is 8. The van der Waals surface area contributed by atoms with Crippen LogP contribution in [0, 0.1) is 0 Å². The first-order chi connectivity index (χ1) is 8.73. The van der Waals surface area contributed by atoms with E-state index in [2.05, 4.69) is 10.6 Å². The van der Waals surface area contributed by atoms with Crippen molar-refractivity contribution in [1.29, 1.82) is 0 Å². The molecule has 0 spiro atoms. The molecule has 0 fully saturated rings. The molecule has 0 radical (unpaired) electrons. The van der Waals surface area contributed by atoms with E-state index in [1.165, 1.54) is 0 Å². The zero-order chi connectivity index (χ0) is 13.4. The number of aldehydes is 1. The SMILES string of the molecule is CNCCC(C=O)Nc1cc(OC)cc(OC)c1. The van der Waals surface area contributed by atoms with Gasteiger partial charge in [0.05, 0.1) is 20.3 Å². The Balaban J connectivity index is 2.77. The van der Waals surface area contributed by atoms with Crippen molar-refractivity contribution in [1.82, 2.24) is 5.32 Å². The van der Waals surface area contributed by atoms with Gasteiger partial charge in [0, 0.05) is 23.9 Å². The summed E-state index contributed by atoms with van der Waals surface area (Å²) < 4.78 is 10.3. The van der Waals surface area contributed by atoms with E-state index in [0.29, 0.717) is 11.5 Å². The molecule has 0 saturated carbocycles. The summed E-state index contributed by atoms with van der Waals surface area (Å²) in [6.07, 6.45) is 1.63. The molecule has 0 aromatic heterocycles. The minimum Gasteiger partial charge on any atom is -0.497 e. The van der Waals surface area contributed by atoms with Crippen LogP contribution in [0.1, 0.15) is 6.42 Å². The van der Waals surface area contributed by atoms with Crippen molar-refractivity contribution in [3.63, 3.8) is 0 Å². The van der Waals surface area contributed by atoms with E-state index in [4.69, 9.17) is 9.47 Å². The van der Waals surface area contributed by atoms with Crippen LogP contribution < -0.4 is 20.1 Å². The number of anilines is 1. The quantitative estimate of drug-likeness (QED) is 0.683. The lowest BCUT2D eigenvalue weighted by Crippen LogP contribution is -2.25. The van der Waals surface area contributed by atoms with E-state index in [1.807, 2.05) is 19.2 Å². The summed E-state index contributed by atoms with van der Waals surface area (Å²) >= 11 is 0. The van der Waals surface area contributed by atoms with Crippen LogP contribution in [0.3, 0.4) is 0 Å². The average molecular weight is 252 g/mol. The Labute approximate surface area is 107 Å². The summed E-state index contributed by atoms with van der Waals surface area (Å²) in [5.74, 6) is 1.38. The highest BCUT2D eigenvalue weighted by Crippen LogP contribution is 2.26. The second-order valence-electron chi connectivity index (χ2n) is 3.88. The molecule has 5 heteroatoms. The third-order valence-corrected chi connectivity index (χ3v) is 2.57. The highest BCUT2D eigenvalue weighted by atomic mass is 16.5. The molecule has 1 aromatic rings. The summed E-state index contributed by atoms with van der Waals surface area (Å²) in [7, 11) is 5.05. The van der Waals surface area contributed by atoms with Gasteiger partial charge in [-0.2, -0.15) is 0 Å². The predicted octanol–water partition coefficient (Wildman–Crippen LogP) is 1.29. The molecular formula is C13H20N2O3. The van der Waals surface area contributed by atoms with Gasteiger partial charge in [-0.05, 0) is 20.0 Å². The van der Waals surface area contributed by atoms with E-state index < -0.39 is 0 Å². The van der Waals surface area contributed by atoms with Crippen LogP contribution in [0.4, 0.5) is 5.69 Å². The topological polar surface area (TPSA) is 59.6 Å². The monoisotopic (exact) mass is 252 g/mol. The molecule has 0 aliphatic heterocycles. The van der Waals surface area contributed by atoms with Crippen LogP contribution in [-0.2, 0) is 4.79 Å². The number of benzene rings is 1. The molecule has 0 saturated heterocycles. The molecule has 1 unspecified atom stereocenters. The van der Waals surface area contributed by atoms with E-state index >= 15 is 0 Å². The van der Waals surface area contributed by atoms with Crippen LogP contribution in [0.2, 0.25) is 0 Å². The van der Waals surface area contributed by atoms with Gasteiger partial charge in [-0.25, -0.2) is 0 Å². The number of carbonyl (C=O) groups is 1. The maximum Gasteiger partial charge on any atom is 0.142 e. The van der Waals surface area contributed by atoms with Gasteiger partial charge in [0.2, 0.25) is 0 Å². The standard InChI is InChI=1S/C13H20N2O3/c1-14-5-4-10(9-16)15-11-6-12(17-2)8-13(7-11)18-3/h6-10,14-15H,4-5H2,1-3H3. The van der Waals surface area contributed by atoms with E-state index in [-0.39, 0.29) is 6.04 Å². The fourth-order valence-corrected chi connectivity index (χ4v) is 1.58. The third kappa shape index (κ3) is 4.25. The number of carbonyl (C=O) groups excluding carboxylic acids is 1. The van der Waals surface area contributed by atoms with E-state index in [9.17, 15) is 4.79 Å². The minimum absolute atomic E-state index is 0.228. The van der Waals surface area contributed by atoms with E-state index in [1.54, 1.807) is 20.3 Å². The van der Waals surface area contributed by atoms with Gasteiger partial charge in [0.1, 0.15) is 17.8 Å². The average Bonchev–Trinajstić information content (AvgIpc) is 2.42. The molecule has 0 heterocycles. The summed E-state index contributed by atoms with van der Waals surface area (Å²) in [6, 6.07) is 5.22. The highest BCUT2D eigenvalue weighted by Gasteiger charge is 2.08. The summed E-state index contributed by atoms with van der Waals surface area (Å²) in [6.45, 7) is 0.775. The van der Waals surface area contributed by atoms with Gasteiger partial charge in [-0.1, -0.05) is 0 Å². The van der Waals surface area contributed by atoms with Crippen LogP contribution in [-0.4, -0.2) is 40.1 Å². The summed E-state index contributed by atoms with van der Waals surface area (Å²) in [5.41, 5.74) is 0.805. The normalized spacial score (nSPS) is 11.7. The molecule has 2 N–H and O–H groups in total. The minimum atomic E-state index is -0.228. The number of ether oxygens (including phenoxy) is 2. The molecule has 0 aliphatic carbocycles. The van der Waals surface area contributed by atoms with Crippen LogP contribution in [0.5, 0.6) is 11.5 Å². The van der Waals surface area contributed by atoms with Gasteiger partial charge >= 0.3 is 0 Å². The summed E-state index contributed by atoms with van der Waals surface area (Å²) in [4.78, 5) is 11.0. The second-order valence-corrected chi connectivity index (χ2v) is 3.88. The van der Waals surface area contributed by atoms with Gasteiger partial charge in [-0.15, -0.1) is 0 Å². The lowest BCUT2D eigenvalue weighted by molar-refractivity contribution is -0.108. The largest absolute Gasteiger partial charge is 0.497 e. The van der Waals surface area contributed by atoms with Crippen molar-refractivity contribution in [2.45, 2.75) is 12.5 Å². The lowest BCUT2D eigenvalue weighted by atomic mass is 10.2. The molecular weight excluding hydrogens is 232 g/mol. The van der Waals surface area contributed by atoms with Crippen molar-refractivity contribution in [3.05, 3.63) is 18.2 Å². The van der Waals surface area contributed by atoms with E-state index in [0.717, 1.165) is 24.9 Å². The molecule has 1 aromatic carbocycles. The van der Waals surface area contributed by atoms with Crippen LogP contribution in [0.15, 0.2) is 18.2 Å². The molecule has 0 aliphatic rings. The maximum absolute atomic E-state index is 11.0. The van der Waals surface area contributed by atoms with Crippen LogP contribution >= 0.6 is 0 Å². The van der Waals surface area contributed by atoms with Gasteiger partial charge < -0.3 is 24.9 Å².